The van der Waals surface area contributed by atoms with Crippen LogP contribution in [0.4, 0.5) is 5.13 Å². The molecule has 0 aliphatic carbocycles. The van der Waals surface area contributed by atoms with E-state index in [1.165, 1.54) is 11.3 Å². The number of nitrogens with zero attached hydrogens (tertiary/aromatic N) is 4. The van der Waals surface area contributed by atoms with Crippen LogP contribution in [0.15, 0.2) is 30.3 Å². The molecule has 26 heavy (non-hydrogen) atoms. The molecule has 2 heterocycles. The maximum atomic E-state index is 12.5. The first-order valence-corrected chi connectivity index (χ1v) is 9.73. The van der Waals surface area contributed by atoms with Crippen LogP contribution in [-0.4, -0.2) is 40.1 Å². The normalized spacial score (nSPS) is 18.0. The van der Waals surface area contributed by atoms with Gasteiger partial charge in [-0.25, -0.2) is 0 Å². The van der Waals surface area contributed by atoms with Crippen LogP contribution in [0.1, 0.15) is 37.3 Å². The average molecular weight is 369 g/mol. The monoisotopic (exact) mass is 369 g/mol. The van der Waals surface area contributed by atoms with E-state index in [0.717, 1.165) is 29.8 Å². The molecule has 0 saturated carbocycles. The highest BCUT2D eigenvalue weighted by Crippen LogP contribution is 2.35. The lowest BCUT2D eigenvalue weighted by molar-refractivity contribution is -0.121. The Hall–Kier alpha value is -2.30. The molecule has 136 valence electrons. The molecule has 3 rings (SSSR count). The minimum absolute atomic E-state index is 0.0760. The van der Waals surface area contributed by atoms with E-state index in [-0.39, 0.29) is 11.9 Å². The van der Waals surface area contributed by atoms with Gasteiger partial charge in [0, 0.05) is 13.1 Å². The van der Waals surface area contributed by atoms with Crippen LogP contribution in [-0.2, 0) is 16.6 Å². The van der Waals surface area contributed by atoms with Gasteiger partial charge in [-0.1, -0.05) is 48.6 Å². The van der Waals surface area contributed by atoms with Crippen molar-refractivity contribution in [2.75, 3.05) is 18.4 Å². The molecule has 0 unspecified atom stereocenters. The van der Waals surface area contributed by atoms with E-state index < -0.39 is 5.41 Å². The van der Waals surface area contributed by atoms with E-state index in [1.54, 1.807) is 0 Å². The van der Waals surface area contributed by atoms with Crippen LogP contribution in [0.25, 0.3) is 0 Å². The fourth-order valence-corrected chi connectivity index (χ4v) is 4.02. The Labute approximate surface area is 157 Å². The van der Waals surface area contributed by atoms with E-state index >= 15 is 0 Å². The number of likely N-dealkylation sites (tertiary alicyclic amines) is 1. The van der Waals surface area contributed by atoms with Crippen molar-refractivity contribution in [3.63, 3.8) is 0 Å². The SMILES string of the molecule is CCc1nnc(NC(=O)[C@H](C)N2CCC(C#N)(c3ccccc3)CC2)s1. The molecule has 1 atom stereocenters. The lowest BCUT2D eigenvalue weighted by Gasteiger charge is -2.39. The molecule has 1 aliphatic rings. The van der Waals surface area contributed by atoms with Crippen molar-refractivity contribution in [2.45, 2.75) is 44.6 Å². The average Bonchev–Trinajstić information content (AvgIpc) is 3.15. The summed E-state index contributed by atoms with van der Waals surface area (Å²) in [7, 11) is 0. The highest BCUT2D eigenvalue weighted by Gasteiger charge is 2.38. The first kappa shape index (κ1) is 18.5. The second-order valence-electron chi connectivity index (χ2n) is 6.62. The van der Waals surface area contributed by atoms with Gasteiger partial charge in [-0.15, -0.1) is 10.2 Å². The van der Waals surface area contributed by atoms with Gasteiger partial charge < -0.3 is 0 Å². The number of piperidine rings is 1. The van der Waals surface area contributed by atoms with Gasteiger partial charge in [-0.05, 0) is 31.7 Å². The van der Waals surface area contributed by atoms with Gasteiger partial charge in [0.25, 0.3) is 0 Å². The summed E-state index contributed by atoms with van der Waals surface area (Å²) in [4.78, 5) is 14.7. The molecule has 0 spiro atoms. The van der Waals surface area contributed by atoms with E-state index in [2.05, 4.69) is 26.5 Å². The smallest absolute Gasteiger partial charge is 0.243 e. The highest BCUT2D eigenvalue weighted by atomic mass is 32.1. The topological polar surface area (TPSA) is 81.9 Å². The van der Waals surface area contributed by atoms with Gasteiger partial charge in [-0.2, -0.15) is 5.26 Å². The summed E-state index contributed by atoms with van der Waals surface area (Å²) in [6.45, 7) is 5.34. The summed E-state index contributed by atoms with van der Waals surface area (Å²) in [6, 6.07) is 12.2. The molecule has 1 aromatic heterocycles. The number of aryl methyl sites for hydroxylation is 1. The van der Waals surface area contributed by atoms with Crippen LogP contribution in [0.2, 0.25) is 0 Å². The number of nitriles is 1. The van der Waals surface area contributed by atoms with Gasteiger partial charge >= 0.3 is 0 Å². The molecule has 1 amide bonds. The van der Waals surface area contributed by atoms with Crippen LogP contribution in [0.5, 0.6) is 0 Å². The summed E-state index contributed by atoms with van der Waals surface area (Å²) < 4.78 is 0. The lowest BCUT2D eigenvalue weighted by Crippen LogP contribution is -2.49. The quantitative estimate of drug-likeness (QED) is 0.876. The summed E-state index contributed by atoms with van der Waals surface area (Å²) in [6.07, 6.45) is 2.26. The zero-order valence-electron chi connectivity index (χ0n) is 15.1. The third-order valence-corrected chi connectivity index (χ3v) is 6.10. The minimum atomic E-state index is -0.455. The first-order valence-electron chi connectivity index (χ1n) is 8.92. The highest BCUT2D eigenvalue weighted by molar-refractivity contribution is 7.15. The number of hydrogen-bond donors (Lipinski definition) is 1. The maximum Gasteiger partial charge on any atom is 0.243 e. The Morgan fingerprint density at radius 3 is 2.62 bits per heavy atom. The molecule has 7 heteroatoms. The summed E-state index contributed by atoms with van der Waals surface area (Å²) in [5.74, 6) is -0.0760. The maximum absolute atomic E-state index is 12.5. The Balaban J connectivity index is 1.61. The number of hydrogen-bond acceptors (Lipinski definition) is 6. The number of carbonyl (C=O) groups excluding carboxylic acids is 1. The van der Waals surface area contributed by atoms with Crippen LogP contribution in [0, 0.1) is 11.3 Å². The fraction of sp³-hybridized carbons (Fsp3) is 0.474. The Morgan fingerprint density at radius 2 is 2.04 bits per heavy atom. The van der Waals surface area contributed by atoms with Crippen molar-refractivity contribution in [3.8, 4) is 6.07 Å². The summed E-state index contributed by atoms with van der Waals surface area (Å²) >= 11 is 1.41. The van der Waals surface area contributed by atoms with Crippen LogP contribution in [0.3, 0.4) is 0 Å². The third kappa shape index (κ3) is 3.76. The number of anilines is 1. The molecule has 0 radical (unpaired) electrons. The second kappa shape index (κ2) is 7.94. The third-order valence-electron chi connectivity index (χ3n) is 5.12. The number of carbonyl (C=O) groups is 1. The molecule has 1 fully saturated rings. The van der Waals surface area contributed by atoms with Gasteiger partial charge in [0.15, 0.2) is 0 Å². The Morgan fingerprint density at radius 1 is 1.35 bits per heavy atom. The van der Waals surface area contributed by atoms with Crippen LogP contribution < -0.4 is 5.32 Å². The van der Waals surface area contributed by atoms with Crippen molar-refractivity contribution >= 4 is 22.4 Å². The summed E-state index contributed by atoms with van der Waals surface area (Å²) in [5.41, 5.74) is 0.614. The fourth-order valence-electron chi connectivity index (χ4n) is 3.34. The van der Waals surface area contributed by atoms with Crippen molar-refractivity contribution in [1.29, 1.82) is 5.26 Å². The van der Waals surface area contributed by atoms with E-state index in [4.69, 9.17) is 0 Å². The predicted molar refractivity (Wildman–Crippen MR) is 102 cm³/mol. The number of amides is 1. The van der Waals surface area contributed by atoms with Gasteiger partial charge in [-0.3, -0.25) is 15.0 Å². The van der Waals surface area contributed by atoms with E-state index in [1.807, 2.05) is 44.2 Å². The van der Waals surface area contributed by atoms with Gasteiger partial charge in [0.05, 0.1) is 17.5 Å². The number of nitrogens with one attached hydrogen (secondary N) is 1. The van der Waals surface area contributed by atoms with Crippen molar-refractivity contribution in [2.24, 2.45) is 0 Å². The number of rotatable bonds is 5. The van der Waals surface area contributed by atoms with Crippen molar-refractivity contribution in [1.82, 2.24) is 15.1 Å². The number of benzene rings is 1. The van der Waals surface area contributed by atoms with Crippen molar-refractivity contribution in [3.05, 3.63) is 40.9 Å². The van der Waals surface area contributed by atoms with Gasteiger partial charge in [0.2, 0.25) is 11.0 Å². The first-order chi connectivity index (χ1) is 12.6. The minimum Gasteiger partial charge on any atom is -0.299 e. The molecule has 1 aliphatic heterocycles. The molecular formula is C19H23N5OS. The zero-order valence-corrected chi connectivity index (χ0v) is 15.9. The number of aromatic nitrogens is 2. The predicted octanol–water partition coefficient (Wildman–Crippen LogP) is 2.98. The van der Waals surface area contributed by atoms with Gasteiger partial charge in [0.1, 0.15) is 5.01 Å². The van der Waals surface area contributed by atoms with E-state index in [9.17, 15) is 10.1 Å². The zero-order chi connectivity index (χ0) is 18.6. The lowest BCUT2D eigenvalue weighted by atomic mass is 9.74. The molecule has 1 aromatic carbocycles. The van der Waals surface area contributed by atoms with E-state index in [0.29, 0.717) is 18.2 Å². The largest absolute Gasteiger partial charge is 0.299 e. The Bertz CT molecular complexity index is 790. The second-order valence-corrected chi connectivity index (χ2v) is 7.68. The molecule has 0 bridgehead atoms. The summed E-state index contributed by atoms with van der Waals surface area (Å²) in [5, 5.41) is 22.1. The molecule has 1 saturated heterocycles. The molecular weight excluding hydrogens is 346 g/mol. The van der Waals surface area contributed by atoms with Crippen LogP contribution >= 0.6 is 11.3 Å². The standard InChI is InChI=1S/C19H23N5OS/c1-3-16-22-23-18(26-16)21-17(25)14(2)24-11-9-19(13-20,10-12-24)15-7-5-4-6-8-15/h4-8,14H,3,9-12H2,1-2H3,(H,21,23,25)/t14-/m0/s1. The molecule has 1 N–H and O–H groups in total. The van der Waals surface area contributed by atoms with Crippen molar-refractivity contribution < 1.29 is 4.79 Å². The molecule has 6 nitrogen and oxygen atoms in total. The molecule has 2 aromatic rings. The Kier molecular flexibility index (Phi) is 5.64.